The molecule has 6 heteroatoms. The van der Waals surface area contributed by atoms with E-state index in [1.165, 1.54) is 116 Å². The molecule has 0 atom stereocenters. The van der Waals surface area contributed by atoms with Gasteiger partial charge in [0.25, 0.3) is 0 Å². The molecule has 3 heterocycles. The molecule has 0 aromatic carbocycles. The van der Waals surface area contributed by atoms with Crippen molar-refractivity contribution in [1.82, 2.24) is 13.7 Å². The molecule has 3 aromatic heterocycles. The number of rotatable bonds is 8. The average molecular weight is 620 g/mol. The fraction of sp³-hybridized carbons (Fsp3) is 0.769. The molecule has 0 bridgehead atoms. The van der Waals surface area contributed by atoms with Crippen molar-refractivity contribution in [2.24, 2.45) is 11.8 Å². The van der Waals surface area contributed by atoms with Crippen LogP contribution in [0, 0.1) is 11.8 Å². The Labute approximate surface area is 275 Å². The maximum absolute atomic E-state index is 2.48. The van der Waals surface area contributed by atoms with Crippen molar-refractivity contribution in [1.29, 1.82) is 0 Å². The van der Waals surface area contributed by atoms with E-state index in [1.807, 2.05) is 0 Å². The van der Waals surface area contributed by atoms with Gasteiger partial charge in [0.05, 0.1) is 13.1 Å². The molecule has 0 spiro atoms. The first kappa shape index (κ1) is 34.0. The normalized spacial score (nSPS) is 20.4. The molecule has 250 valence electrons. The molecule has 4 saturated carbocycles. The van der Waals surface area contributed by atoms with Crippen molar-refractivity contribution in [3.63, 3.8) is 0 Å². The summed E-state index contributed by atoms with van der Waals surface area (Å²) in [7, 11) is 0. The molecule has 3 aromatic rings. The molecular formula is C39H67N6+3. The van der Waals surface area contributed by atoms with Crippen LogP contribution in [0.1, 0.15) is 167 Å². The third kappa shape index (κ3) is 10.6. The second kappa shape index (κ2) is 17.5. The van der Waals surface area contributed by atoms with Crippen LogP contribution in [-0.2, 0) is 13.1 Å². The lowest BCUT2D eigenvalue weighted by molar-refractivity contribution is -0.725. The molecule has 6 nitrogen and oxygen atoms in total. The highest BCUT2D eigenvalue weighted by atomic mass is 15.2. The van der Waals surface area contributed by atoms with Gasteiger partial charge in [0, 0.05) is 0 Å². The summed E-state index contributed by atoms with van der Waals surface area (Å²) in [6.45, 7) is 11.2. The summed E-state index contributed by atoms with van der Waals surface area (Å²) in [5.41, 5.74) is 0. The smallest absolute Gasteiger partial charge is 0.237 e. The first-order chi connectivity index (χ1) is 21.9. The van der Waals surface area contributed by atoms with E-state index in [-0.39, 0.29) is 0 Å². The van der Waals surface area contributed by atoms with E-state index in [1.54, 1.807) is 0 Å². The number of nitrogens with zero attached hydrogens (tertiary/aromatic N) is 6. The first-order valence-corrected chi connectivity index (χ1v) is 19.2. The van der Waals surface area contributed by atoms with Gasteiger partial charge < -0.3 is 0 Å². The minimum atomic E-state index is 0.722. The molecule has 7 rings (SSSR count). The SMILES string of the molecule is CC(C)Cn1cc[n+](CC(C)C)c1.c1c[n+](C2CCCC2)cn1C1CCCC1.c1c[n+](C2CCCCC2)cn1C1CCCCC1. The van der Waals surface area contributed by atoms with Gasteiger partial charge in [0.15, 0.2) is 0 Å². The molecule has 45 heavy (non-hydrogen) atoms. The van der Waals surface area contributed by atoms with Crippen LogP contribution >= 0.6 is 0 Å². The molecule has 0 amide bonds. The fourth-order valence-electron chi connectivity index (χ4n) is 8.29. The third-order valence-electron chi connectivity index (χ3n) is 10.7. The van der Waals surface area contributed by atoms with Crippen molar-refractivity contribution in [2.45, 2.75) is 181 Å². The molecule has 4 aliphatic rings. The standard InChI is InChI=1S/C15H25N2.C13H21N2.C11H21N2/c1-3-7-14(8-4-1)16-11-12-17(13-16)15-9-5-2-6-10-15;1-2-6-12(5-1)14-9-10-15(11-14)13-7-3-4-8-13;1-10(2)7-12-5-6-13(9-12)8-11(3)4/h11-15H,1-10H2;9-13H,1-8H2;5-6,9-11H,7-8H2,1-4H3/q3*+1. The summed E-state index contributed by atoms with van der Waals surface area (Å²) < 4.78 is 14.4. The maximum atomic E-state index is 2.48. The molecule has 0 unspecified atom stereocenters. The monoisotopic (exact) mass is 620 g/mol. The summed E-state index contributed by atoms with van der Waals surface area (Å²) in [5.74, 6) is 1.44. The lowest BCUT2D eigenvalue weighted by Gasteiger charge is -2.20. The predicted octanol–water partition coefficient (Wildman–Crippen LogP) is 8.88. The molecule has 0 N–H and O–H groups in total. The van der Waals surface area contributed by atoms with E-state index < -0.39 is 0 Å². The fourth-order valence-corrected chi connectivity index (χ4v) is 8.29. The van der Waals surface area contributed by atoms with E-state index in [4.69, 9.17) is 0 Å². The second-order valence-corrected chi connectivity index (χ2v) is 15.7. The van der Waals surface area contributed by atoms with Crippen LogP contribution in [0.3, 0.4) is 0 Å². The minimum absolute atomic E-state index is 0.722. The van der Waals surface area contributed by atoms with Gasteiger partial charge in [0.1, 0.15) is 61.3 Å². The van der Waals surface area contributed by atoms with E-state index >= 15 is 0 Å². The Morgan fingerprint density at radius 1 is 0.511 bits per heavy atom. The highest BCUT2D eigenvalue weighted by Crippen LogP contribution is 2.30. The highest BCUT2D eigenvalue weighted by Gasteiger charge is 2.26. The van der Waals surface area contributed by atoms with Gasteiger partial charge in [-0.1, -0.05) is 40.5 Å². The van der Waals surface area contributed by atoms with E-state index in [2.05, 4.69) is 111 Å². The summed E-state index contributed by atoms with van der Waals surface area (Å²) >= 11 is 0. The molecule has 4 aliphatic carbocycles. The second-order valence-electron chi connectivity index (χ2n) is 15.7. The Morgan fingerprint density at radius 3 is 1.42 bits per heavy atom. The Morgan fingerprint density at radius 2 is 0.956 bits per heavy atom. The highest BCUT2D eigenvalue weighted by molar-refractivity contribution is 4.81. The number of imidazole rings is 3. The summed E-state index contributed by atoms with van der Waals surface area (Å²) in [4.78, 5) is 0. The zero-order chi connectivity index (χ0) is 31.4. The van der Waals surface area contributed by atoms with E-state index in [0.717, 1.165) is 49.1 Å². The van der Waals surface area contributed by atoms with Gasteiger partial charge in [-0.15, -0.1) is 0 Å². The largest absolute Gasteiger partial charge is 0.244 e. The van der Waals surface area contributed by atoms with E-state index in [0.29, 0.717) is 0 Å². The van der Waals surface area contributed by atoms with Crippen LogP contribution in [0.2, 0.25) is 0 Å². The van der Waals surface area contributed by atoms with Crippen LogP contribution in [0.5, 0.6) is 0 Å². The quantitative estimate of drug-likeness (QED) is 0.225. The van der Waals surface area contributed by atoms with Crippen LogP contribution < -0.4 is 13.7 Å². The van der Waals surface area contributed by atoms with Crippen LogP contribution in [-0.4, -0.2) is 13.7 Å². The molecule has 0 saturated heterocycles. The van der Waals surface area contributed by atoms with Crippen molar-refractivity contribution in [3.8, 4) is 0 Å². The predicted molar refractivity (Wildman–Crippen MR) is 183 cm³/mol. The van der Waals surface area contributed by atoms with Gasteiger partial charge in [-0.25, -0.2) is 27.4 Å². The number of aromatic nitrogens is 6. The van der Waals surface area contributed by atoms with Crippen molar-refractivity contribution in [2.75, 3.05) is 0 Å². The average Bonchev–Trinajstić information content (AvgIpc) is 3.88. The zero-order valence-electron chi connectivity index (χ0n) is 29.5. The summed E-state index contributed by atoms with van der Waals surface area (Å²) in [6, 6.07) is 3.17. The van der Waals surface area contributed by atoms with Crippen LogP contribution in [0.4, 0.5) is 0 Å². The van der Waals surface area contributed by atoms with Gasteiger partial charge in [-0.2, -0.15) is 0 Å². The maximum Gasteiger partial charge on any atom is 0.244 e. The van der Waals surface area contributed by atoms with E-state index in [9.17, 15) is 0 Å². The first-order valence-electron chi connectivity index (χ1n) is 19.2. The number of hydrogen-bond acceptors (Lipinski definition) is 0. The summed E-state index contributed by atoms with van der Waals surface area (Å²) in [5, 5.41) is 0. The summed E-state index contributed by atoms with van der Waals surface area (Å²) in [6.07, 6.45) is 45.8. The van der Waals surface area contributed by atoms with Gasteiger partial charge in [-0.3, -0.25) is 0 Å². The van der Waals surface area contributed by atoms with Crippen molar-refractivity contribution in [3.05, 3.63) is 56.2 Å². The third-order valence-corrected chi connectivity index (χ3v) is 10.7. The Bertz CT molecular complexity index is 1120. The van der Waals surface area contributed by atoms with Gasteiger partial charge in [-0.05, 0) is 115 Å². The Balaban J connectivity index is 0.000000135. The zero-order valence-corrected chi connectivity index (χ0v) is 29.5. The molecule has 4 fully saturated rings. The lowest BCUT2D eigenvalue weighted by atomic mass is 9.95. The minimum Gasteiger partial charge on any atom is -0.237 e. The van der Waals surface area contributed by atoms with Crippen LogP contribution in [0.25, 0.3) is 0 Å². The Kier molecular flexibility index (Phi) is 13.2. The molecule has 0 aliphatic heterocycles. The molecule has 0 radical (unpaired) electrons. The lowest BCUT2D eigenvalue weighted by Crippen LogP contribution is -2.38. The molecular weight excluding hydrogens is 552 g/mol. The Hall–Kier alpha value is -2.37. The van der Waals surface area contributed by atoms with Crippen molar-refractivity contribution < 1.29 is 13.7 Å². The van der Waals surface area contributed by atoms with Gasteiger partial charge in [0.2, 0.25) is 19.0 Å². The number of hydrogen-bond donors (Lipinski definition) is 0. The topological polar surface area (TPSA) is 26.4 Å². The van der Waals surface area contributed by atoms with Gasteiger partial charge >= 0.3 is 0 Å². The van der Waals surface area contributed by atoms with Crippen LogP contribution in [0.15, 0.2) is 56.2 Å². The van der Waals surface area contributed by atoms with Crippen molar-refractivity contribution >= 4 is 0 Å².